The van der Waals surface area contributed by atoms with Gasteiger partial charge in [-0.15, -0.1) is 11.3 Å². The van der Waals surface area contributed by atoms with Crippen LogP contribution >= 0.6 is 22.9 Å². The summed E-state index contributed by atoms with van der Waals surface area (Å²) in [5.41, 5.74) is 0.969. The first-order valence-electron chi connectivity index (χ1n) is 6.14. The van der Waals surface area contributed by atoms with E-state index in [1.165, 1.54) is 11.3 Å². The fourth-order valence-corrected chi connectivity index (χ4v) is 2.50. The summed E-state index contributed by atoms with van der Waals surface area (Å²) in [6.07, 6.45) is 0. The van der Waals surface area contributed by atoms with Crippen LogP contribution in [0.4, 0.5) is 0 Å². The molecule has 0 bridgehead atoms. The van der Waals surface area contributed by atoms with Gasteiger partial charge in [-0.05, 0) is 19.1 Å². The molecular weight excluding hydrogens is 314 g/mol. The van der Waals surface area contributed by atoms with Gasteiger partial charge in [-0.3, -0.25) is 0 Å². The van der Waals surface area contributed by atoms with Crippen molar-refractivity contribution in [1.82, 2.24) is 4.98 Å². The van der Waals surface area contributed by atoms with E-state index in [0.29, 0.717) is 10.0 Å². The van der Waals surface area contributed by atoms with Crippen molar-refractivity contribution in [1.29, 1.82) is 0 Å². The summed E-state index contributed by atoms with van der Waals surface area (Å²) in [6.45, 7) is 1.50. The average molecular weight is 326 g/mol. The molecule has 0 unspecified atom stereocenters. The van der Waals surface area contributed by atoms with Crippen LogP contribution in [0.1, 0.15) is 17.4 Å². The fourth-order valence-electron chi connectivity index (χ4n) is 1.52. The molecule has 0 spiro atoms. The number of carbonyl (C=O) groups is 2. The lowest BCUT2D eigenvalue weighted by Crippen LogP contribution is -2.16. The third-order valence-corrected chi connectivity index (χ3v) is 3.54. The minimum atomic E-state index is -0.660. The molecule has 0 fully saturated rings. The van der Waals surface area contributed by atoms with E-state index in [1.807, 2.05) is 6.07 Å². The number of halogens is 1. The van der Waals surface area contributed by atoms with Crippen molar-refractivity contribution in [2.45, 2.75) is 6.92 Å². The Hall–Kier alpha value is -1.92. The summed E-state index contributed by atoms with van der Waals surface area (Å²) < 4.78 is 9.49. The number of carbonyl (C=O) groups excluding carboxylic acids is 2. The van der Waals surface area contributed by atoms with Crippen LogP contribution in [-0.4, -0.2) is 30.1 Å². The number of aromatic nitrogens is 1. The Bertz CT molecular complexity index is 656. The van der Waals surface area contributed by atoms with Gasteiger partial charge in [0.05, 0.1) is 6.61 Å². The van der Waals surface area contributed by atoms with Gasteiger partial charge in [-0.2, -0.15) is 0 Å². The summed E-state index contributed by atoms with van der Waals surface area (Å²) in [6, 6.07) is 7.16. The molecule has 7 heteroatoms. The van der Waals surface area contributed by atoms with Crippen molar-refractivity contribution in [3.8, 4) is 10.6 Å². The molecular formula is C14H12ClNO4S. The Morgan fingerprint density at radius 3 is 2.86 bits per heavy atom. The molecule has 2 rings (SSSR count). The number of rotatable bonds is 5. The molecule has 0 aliphatic rings. The van der Waals surface area contributed by atoms with Gasteiger partial charge in [0.15, 0.2) is 12.3 Å². The van der Waals surface area contributed by atoms with Crippen molar-refractivity contribution >= 4 is 34.9 Å². The summed E-state index contributed by atoms with van der Waals surface area (Å²) in [4.78, 5) is 27.0. The molecule has 0 saturated carbocycles. The van der Waals surface area contributed by atoms with Crippen LogP contribution in [-0.2, 0) is 14.3 Å². The quantitative estimate of drug-likeness (QED) is 0.790. The standard InChI is InChI=1S/C14H12ClNO4S/c1-2-19-12(17)7-20-14(18)11-8-21-13(16-11)9-4-3-5-10(15)6-9/h3-6,8H,2,7H2,1H3. The van der Waals surface area contributed by atoms with Crippen LogP contribution < -0.4 is 0 Å². The van der Waals surface area contributed by atoms with E-state index in [9.17, 15) is 9.59 Å². The highest BCUT2D eigenvalue weighted by molar-refractivity contribution is 7.13. The molecule has 110 valence electrons. The number of nitrogens with zero attached hydrogens (tertiary/aromatic N) is 1. The summed E-state index contributed by atoms with van der Waals surface area (Å²) in [7, 11) is 0. The van der Waals surface area contributed by atoms with Crippen molar-refractivity contribution in [2.24, 2.45) is 0 Å². The van der Waals surface area contributed by atoms with E-state index < -0.39 is 18.5 Å². The maximum Gasteiger partial charge on any atom is 0.358 e. The largest absolute Gasteiger partial charge is 0.463 e. The van der Waals surface area contributed by atoms with Crippen molar-refractivity contribution < 1.29 is 19.1 Å². The second-order valence-electron chi connectivity index (χ2n) is 3.93. The average Bonchev–Trinajstić information content (AvgIpc) is 2.95. The topological polar surface area (TPSA) is 65.5 Å². The molecule has 0 aliphatic heterocycles. The molecule has 0 amide bonds. The molecule has 0 atom stereocenters. The van der Waals surface area contributed by atoms with Gasteiger partial charge in [-0.1, -0.05) is 23.7 Å². The third-order valence-electron chi connectivity index (χ3n) is 2.41. The number of esters is 2. The van der Waals surface area contributed by atoms with Crippen LogP contribution in [0.15, 0.2) is 29.6 Å². The van der Waals surface area contributed by atoms with Gasteiger partial charge >= 0.3 is 11.9 Å². The van der Waals surface area contributed by atoms with E-state index in [2.05, 4.69) is 9.72 Å². The molecule has 1 heterocycles. The molecule has 0 N–H and O–H groups in total. The minimum Gasteiger partial charge on any atom is -0.463 e. The van der Waals surface area contributed by atoms with Crippen LogP contribution in [0, 0.1) is 0 Å². The highest BCUT2D eigenvalue weighted by Crippen LogP contribution is 2.26. The number of hydrogen-bond donors (Lipinski definition) is 0. The third kappa shape index (κ3) is 4.27. The summed E-state index contributed by atoms with van der Waals surface area (Å²) in [5, 5.41) is 2.82. The number of hydrogen-bond acceptors (Lipinski definition) is 6. The monoisotopic (exact) mass is 325 g/mol. The lowest BCUT2D eigenvalue weighted by atomic mass is 10.2. The predicted molar refractivity (Wildman–Crippen MR) is 79.5 cm³/mol. The zero-order chi connectivity index (χ0) is 15.2. The molecule has 0 radical (unpaired) electrons. The van der Waals surface area contributed by atoms with Gasteiger partial charge in [-0.25, -0.2) is 14.6 Å². The van der Waals surface area contributed by atoms with Crippen molar-refractivity contribution in [3.63, 3.8) is 0 Å². The maximum atomic E-state index is 11.8. The Morgan fingerprint density at radius 1 is 1.33 bits per heavy atom. The molecule has 21 heavy (non-hydrogen) atoms. The zero-order valence-electron chi connectivity index (χ0n) is 11.2. The van der Waals surface area contributed by atoms with Gasteiger partial charge in [0.1, 0.15) is 5.01 Å². The summed E-state index contributed by atoms with van der Waals surface area (Å²) >= 11 is 7.21. The van der Waals surface area contributed by atoms with Crippen LogP contribution in [0.5, 0.6) is 0 Å². The van der Waals surface area contributed by atoms with Gasteiger partial charge < -0.3 is 9.47 Å². The number of ether oxygens (including phenoxy) is 2. The molecule has 5 nitrogen and oxygen atoms in total. The lowest BCUT2D eigenvalue weighted by molar-refractivity contribution is -0.146. The normalized spacial score (nSPS) is 10.2. The molecule has 2 aromatic rings. The lowest BCUT2D eigenvalue weighted by Gasteiger charge is -2.02. The Kier molecular flexibility index (Phi) is 5.30. The molecule has 0 saturated heterocycles. The summed E-state index contributed by atoms with van der Waals surface area (Å²) in [5.74, 6) is -1.25. The Labute approximate surface area is 130 Å². The van der Waals surface area contributed by atoms with E-state index in [0.717, 1.165) is 5.56 Å². The maximum absolute atomic E-state index is 11.8. The smallest absolute Gasteiger partial charge is 0.358 e. The first kappa shape index (κ1) is 15.5. The highest BCUT2D eigenvalue weighted by Gasteiger charge is 2.15. The van der Waals surface area contributed by atoms with Crippen LogP contribution in [0.25, 0.3) is 10.6 Å². The highest BCUT2D eigenvalue weighted by atomic mass is 35.5. The Morgan fingerprint density at radius 2 is 2.14 bits per heavy atom. The van der Waals surface area contributed by atoms with Crippen LogP contribution in [0.3, 0.4) is 0 Å². The van der Waals surface area contributed by atoms with Gasteiger partial charge in [0.25, 0.3) is 0 Å². The number of thiazole rings is 1. The first-order valence-corrected chi connectivity index (χ1v) is 7.40. The fraction of sp³-hybridized carbons (Fsp3) is 0.214. The second-order valence-corrected chi connectivity index (χ2v) is 5.22. The number of benzene rings is 1. The van der Waals surface area contributed by atoms with E-state index in [4.69, 9.17) is 16.3 Å². The predicted octanol–water partition coefficient (Wildman–Crippen LogP) is 3.18. The Balaban J connectivity index is 2.02. The molecule has 1 aromatic heterocycles. The van der Waals surface area contributed by atoms with E-state index >= 15 is 0 Å². The van der Waals surface area contributed by atoms with E-state index in [-0.39, 0.29) is 12.3 Å². The van der Waals surface area contributed by atoms with Crippen LogP contribution in [0.2, 0.25) is 5.02 Å². The molecule has 0 aliphatic carbocycles. The van der Waals surface area contributed by atoms with Crippen molar-refractivity contribution in [2.75, 3.05) is 13.2 Å². The van der Waals surface area contributed by atoms with Gasteiger partial charge in [0, 0.05) is 16.0 Å². The molecule has 1 aromatic carbocycles. The van der Waals surface area contributed by atoms with E-state index in [1.54, 1.807) is 30.5 Å². The SMILES string of the molecule is CCOC(=O)COC(=O)c1csc(-c2cccc(Cl)c2)n1. The minimum absolute atomic E-state index is 0.152. The first-order chi connectivity index (χ1) is 10.1. The van der Waals surface area contributed by atoms with Gasteiger partial charge in [0.2, 0.25) is 0 Å². The second kappa shape index (κ2) is 7.19. The van der Waals surface area contributed by atoms with Crippen molar-refractivity contribution in [3.05, 3.63) is 40.4 Å². The zero-order valence-corrected chi connectivity index (χ0v) is 12.7.